The highest BCUT2D eigenvalue weighted by molar-refractivity contribution is 9.11. The summed E-state index contributed by atoms with van der Waals surface area (Å²) in [5, 5.41) is 0. The van der Waals surface area contributed by atoms with E-state index >= 15 is 0 Å². The molecule has 2 rings (SSSR count). The van der Waals surface area contributed by atoms with Crippen LogP contribution in [0, 0.1) is 0 Å². The van der Waals surface area contributed by atoms with Crippen molar-refractivity contribution >= 4 is 37.5 Å². The third kappa shape index (κ3) is 2.74. The average Bonchev–Trinajstić information content (AvgIpc) is 2.66. The van der Waals surface area contributed by atoms with Gasteiger partial charge in [0.25, 0.3) is 0 Å². The van der Waals surface area contributed by atoms with Crippen LogP contribution >= 0.6 is 31.9 Å². The minimum atomic E-state index is 0.866. The lowest BCUT2D eigenvalue weighted by Crippen LogP contribution is -2.19. The number of nitrogen functional groups attached to an aromatic ring is 1. The average molecular weight is 334 g/mol. The summed E-state index contributed by atoms with van der Waals surface area (Å²) >= 11 is 6.97. The van der Waals surface area contributed by atoms with Crippen LogP contribution in [0.3, 0.4) is 0 Å². The first-order chi connectivity index (χ1) is 7.16. The quantitative estimate of drug-likeness (QED) is 0.840. The summed E-state index contributed by atoms with van der Waals surface area (Å²) in [6.45, 7) is 3.36. The van der Waals surface area contributed by atoms with Crippen molar-refractivity contribution in [1.82, 2.24) is 4.90 Å². The fourth-order valence-electron chi connectivity index (χ4n) is 1.95. The van der Waals surface area contributed by atoms with Gasteiger partial charge in [-0.3, -0.25) is 4.90 Å². The van der Waals surface area contributed by atoms with Gasteiger partial charge in [0.15, 0.2) is 0 Å². The summed E-state index contributed by atoms with van der Waals surface area (Å²) in [6, 6.07) is 4.10. The Morgan fingerprint density at radius 2 is 1.87 bits per heavy atom. The van der Waals surface area contributed by atoms with E-state index in [0.29, 0.717) is 0 Å². The lowest BCUT2D eigenvalue weighted by Gasteiger charge is -2.17. The molecule has 4 heteroatoms. The number of hydrogen-bond acceptors (Lipinski definition) is 2. The predicted octanol–water partition coefficient (Wildman–Crippen LogP) is 3.39. The van der Waals surface area contributed by atoms with Crippen LogP contribution in [0.25, 0.3) is 0 Å². The van der Waals surface area contributed by atoms with Crippen LogP contribution in [0.15, 0.2) is 21.1 Å². The smallest absolute Gasteiger partial charge is 0.0504 e. The maximum Gasteiger partial charge on any atom is 0.0504 e. The van der Waals surface area contributed by atoms with Crippen LogP contribution in [0.1, 0.15) is 18.4 Å². The Hall–Kier alpha value is -0.0600. The van der Waals surface area contributed by atoms with E-state index in [1.807, 2.05) is 6.07 Å². The Morgan fingerprint density at radius 3 is 2.53 bits per heavy atom. The molecule has 0 aromatic heterocycles. The zero-order chi connectivity index (χ0) is 10.8. The number of nitrogens with zero attached hydrogens (tertiary/aromatic N) is 1. The van der Waals surface area contributed by atoms with E-state index in [1.165, 1.54) is 31.5 Å². The van der Waals surface area contributed by atoms with Crippen molar-refractivity contribution in [3.63, 3.8) is 0 Å². The first-order valence-electron chi connectivity index (χ1n) is 5.12. The Bertz CT molecular complexity index is 360. The summed E-state index contributed by atoms with van der Waals surface area (Å²) in [5.74, 6) is 0. The topological polar surface area (TPSA) is 29.3 Å². The summed E-state index contributed by atoms with van der Waals surface area (Å²) in [7, 11) is 0. The summed E-state index contributed by atoms with van der Waals surface area (Å²) in [5.41, 5.74) is 8.11. The molecule has 0 amide bonds. The van der Waals surface area contributed by atoms with Crippen molar-refractivity contribution in [3.05, 3.63) is 26.6 Å². The fraction of sp³-hybridized carbons (Fsp3) is 0.455. The lowest BCUT2D eigenvalue weighted by atomic mass is 10.2. The third-order valence-electron chi connectivity index (χ3n) is 2.77. The van der Waals surface area contributed by atoms with Gasteiger partial charge in [0.2, 0.25) is 0 Å². The molecular formula is C11H14Br2N2. The molecule has 1 fully saturated rings. The number of anilines is 1. The molecule has 0 atom stereocenters. The Labute approximate surface area is 107 Å². The second-order valence-electron chi connectivity index (χ2n) is 3.94. The highest BCUT2D eigenvalue weighted by Crippen LogP contribution is 2.29. The normalized spacial score (nSPS) is 17.2. The first kappa shape index (κ1) is 11.4. The van der Waals surface area contributed by atoms with Crippen molar-refractivity contribution in [2.75, 3.05) is 18.8 Å². The van der Waals surface area contributed by atoms with E-state index in [4.69, 9.17) is 5.73 Å². The molecule has 15 heavy (non-hydrogen) atoms. The van der Waals surface area contributed by atoms with E-state index < -0.39 is 0 Å². The van der Waals surface area contributed by atoms with Gasteiger partial charge >= 0.3 is 0 Å². The molecule has 1 aliphatic rings. The van der Waals surface area contributed by atoms with Crippen LogP contribution < -0.4 is 5.73 Å². The predicted molar refractivity (Wildman–Crippen MR) is 70.8 cm³/mol. The van der Waals surface area contributed by atoms with Crippen molar-refractivity contribution in [1.29, 1.82) is 0 Å². The van der Waals surface area contributed by atoms with Crippen LogP contribution in [-0.2, 0) is 6.54 Å². The van der Waals surface area contributed by atoms with Crippen LogP contribution in [0.2, 0.25) is 0 Å². The molecule has 1 heterocycles. The molecule has 0 spiro atoms. The number of benzene rings is 1. The largest absolute Gasteiger partial charge is 0.398 e. The molecule has 1 aromatic rings. The van der Waals surface area contributed by atoms with Crippen LogP contribution in [0.4, 0.5) is 5.69 Å². The number of nitrogens with two attached hydrogens (primary N) is 1. The van der Waals surface area contributed by atoms with Crippen molar-refractivity contribution in [2.24, 2.45) is 0 Å². The van der Waals surface area contributed by atoms with Crippen molar-refractivity contribution in [3.8, 4) is 0 Å². The maximum absolute atomic E-state index is 6.04. The second kappa shape index (κ2) is 4.85. The molecule has 0 saturated carbocycles. The Morgan fingerprint density at radius 1 is 1.20 bits per heavy atom. The lowest BCUT2D eigenvalue weighted by molar-refractivity contribution is 0.332. The van der Waals surface area contributed by atoms with E-state index in [9.17, 15) is 0 Å². The summed E-state index contributed by atoms with van der Waals surface area (Å²) < 4.78 is 2.06. The van der Waals surface area contributed by atoms with Gasteiger partial charge in [0, 0.05) is 15.5 Å². The summed E-state index contributed by atoms with van der Waals surface area (Å²) in [4.78, 5) is 2.45. The molecule has 82 valence electrons. The molecule has 1 aliphatic heterocycles. The maximum atomic E-state index is 6.04. The van der Waals surface area contributed by atoms with Gasteiger partial charge in [-0.15, -0.1) is 0 Å². The number of likely N-dealkylation sites (tertiary alicyclic amines) is 1. The number of rotatable bonds is 2. The molecule has 2 nitrogen and oxygen atoms in total. The minimum Gasteiger partial charge on any atom is -0.398 e. The molecule has 1 saturated heterocycles. The van der Waals surface area contributed by atoms with Gasteiger partial charge in [0.05, 0.1) is 5.69 Å². The van der Waals surface area contributed by atoms with E-state index in [0.717, 1.165) is 21.2 Å². The number of hydrogen-bond donors (Lipinski definition) is 1. The van der Waals surface area contributed by atoms with Gasteiger partial charge in [0.1, 0.15) is 0 Å². The zero-order valence-electron chi connectivity index (χ0n) is 8.47. The Kier molecular flexibility index (Phi) is 3.69. The van der Waals surface area contributed by atoms with Gasteiger partial charge in [-0.25, -0.2) is 0 Å². The molecular weight excluding hydrogens is 320 g/mol. The van der Waals surface area contributed by atoms with Gasteiger partial charge < -0.3 is 5.73 Å². The van der Waals surface area contributed by atoms with Gasteiger partial charge in [-0.05, 0) is 59.6 Å². The molecule has 0 aliphatic carbocycles. The van der Waals surface area contributed by atoms with Gasteiger partial charge in [-0.1, -0.05) is 15.9 Å². The highest BCUT2D eigenvalue weighted by atomic mass is 79.9. The van der Waals surface area contributed by atoms with Crippen molar-refractivity contribution < 1.29 is 0 Å². The molecule has 1 aromatic carbocycles. The zero-order valence-corrected chi connectivity index (χ0v) is 11.6. The second-order valence-corrected chi connectivity index (χ2v) is 5.71. The van der Waals surface area contributed by atoms with Crippen LogP contribution in [0.5, 0.6) is 0 Å². The van der Waals surface area contributed by atoms with Crippen LogP contribution in [-0.4, -0.2) is 18.0 Å². The van der Waals surface area contributed by atoms with Crippen molar-refractivity contribution in [2.45, 2.75) is 19.4 Å². The summed E-state index contributed by atoms with van der Waals surface area (Å²) in [6.07, 6.45) is 2.63. The van der Waals surface area contributed by atoms with Gasteiger partial charge in [-0.2, -0.15) is 0 Å². The number of halogens is 2. The monoisotopic (exact) mass is 332 g/mol. The third-order valence-corrected chi connectivity index (χ3v) is 3.89. The van der Waals surface area contributed by atoms with E-state index in [-0.39, 0.29) is 0 Å². The fourth-order valence-corrected chi connectivity index (χ4v) is 3.26. The first-order valence-corrected chi connectivity index (χ1v) is 6.71. The Balaban J connectivity index is 2.19. The molecule has 2 N–H and O–H groups in total. The molecule has 0 radical (unpaired) electrons. The SMILES string of the molecule is Nc1c(Br)cc(Br)cc1CN1CCCC1. The molecule has 0 bridgehead atoms. The minimum absolute atomic E-state index is 0.866. The van der Waals surface area contributed by atoms with E-state index in [2.05, 4.69) is 42.8 Å². The highest BCUT2D eigenvalue weighted by Gasteiger charge is 2.14. The standard InChI is InChI=1S/C11H14Br2N2/c12-9-5-8(11(14)10(13)6-9)7-15-3-1-2-4-15/h5-6H,1-4,7,14H2. The molecule has 0 unspecified atom stereocenters. The van der Waals surface area contributed by atoms with E-state index in [1.54, 1.807) is 0 Å².